The van der Waals surface area contributed by atoms with E-state index in [2.05, 4.69) is 31.9 Å². The van der Waals surface area contributed by atoms with Crippen LogP contribution >= 0.6 is 0 Å². The van der Waals surface area contributed by atoms with Gasteiger partial charge in [0.1, 0.15) is 5.75 Å². The number of hydrogen-bond donors (Lipinski definition) is 1. The summed E-state index contributed by atoms with van der Waals surface area (Å²) in [6.45, 7) is 6.38. The predicted molar refractivity (Wildman–Crippen MR) is 77.6 cm³/mol. The van der Waals surface area contributed by atoms with Gasteiger partial charge in [0, 0.05) is 18.0 Å². The van der Waals surface area contributed by atoms with Crippen molar-refractivity contribution in [3.05, 3.63) is 36.0 Å². The summed E-state index contributed by atoms with van der Waals surface area (Å²) in [5.74, 6) is 0.430. The Morgan fingerprint density at radius 1 is 1.25 bits per heavy atom. The molecule has 0 aliphatic carbocycles. The molecule has 0 spiro atoms. The molecule has 1 amide bonds. The smallest absolute Gasteiger partial charge is 0.409 e. The van der Waals surface area contributed by atoms with Crippen molar-refractivity contribution >= 4 is 6.09 Å². The first-order chi connectivity index (χ1) is 9.27. The number of benzene rings is 1. The molecule has 5 heteroatoms. The van der Waals surface area contributed by atoms with Gasteiger partial charge in [0.25, 0.3) is 0 Å². The molecule has 0 aliphatic heterocycles. The van der Waals surface area contributed by atoms with Crippen molar-refractivity contribution in [2.24, 2.45) is 12.8 Å². The third-order valence-corrected chi connectivity index (χ3v) is 3.02. The Kier molecular flexibility index (Phi) is 3.53. The fourth-order valence-corrected chi connectivity index (χ4v) is 1.91. The van der Waals surface area contributed by atoms with Crippen molar-refractivity contribution in [2.75, 3.05) is 0 Å². The largest absolute Gasteiger partial charge is 0.411 e. The van der Waals surface area contributed by atoms with Crippen LogP contribution in [-0.4, -0.2) is 15.9 Å². The Bertz CT molecular complexity index is 622. The Labute approximate surface area is 118 Å². The summed E-state index contributed by atoms with van der Waals surface area (Å²) in [6.07, 6.45) is -0.812. The Morgan fingerprint density at radius 2 is 1.85 bits per heavy atom. The Balaban J connectivity index is 2.32. The molecule has 106 valence electrons. The summed E-state index contributed by atoms with van der Waals surface area (Å²) in [5, 5.41) is 4.54. The van der Waals surface area contributed by atoms with Gasteiger partial charge in [-0.25, -0.2) is 4.79 Å². The van der Waals surface area contributed by atoms with Gasteiger partial charge in [-0.2, -0.15) is 5.10 Å². The zero-order chi connectivity index (χ0) is 14.9. The van der Waals surface area contributed by atoms with Crippen molar-refractivity contribution < 1.29 is 9.53 Å². The van der Waals surface area contributed by atoms with E-state index in [4.69, 9.17) is 10.5 Å². The van der Waals surface area contributed by atoms with E-state index in [0.29, 0.717) is 5.75 Å². The molecule has 5 nitrogen and oxygen atoms in total. The first kappa shape index (κ1) is 14.1. The average Bonchev–Trinajstić information content (AvgIpc) is 2.71. The number of nitrogens with zero attached hydrogens (tertiary/aromatic N) is 2. The van der Waals surface area contributed by atoms with Crippen LogP contribution in [0.2, 0.25) is 0 Å². The Morgan fingerprint density at radius 3 is 2.30 bits per heavy atom. The van der Waals surface area contributed by atoms with Crippen LogP contribution in [0.1, 0.15) is 26.5 Å². The molecule has 0 unspecified atom stereocenters. The van der Waals surface area contributed by atoms with Crippen LogP contribution in [0.15, 0.2) is 30.3 Å². The van der Waals surface area contributed by atoms with E-state index in [-0.39, 0.29) is 5.41 Å². The minimum Gasteiger partial charge on any atom is -0.411 e. The normalized spacial score (nSPS) is 11.4. The number of amides is 1. The van der Waals surface area contributed by atoms with Gasteiger partial charge in [0.2, 0.25) is 0 Å². The van der Waals surface area contributed by atoms with Gasteiger partial charge in [-0.1, -0.05) is 20.8 Å². The molecule has 1 heterocycles. The lowest BCUT2D eigenvalue weighted by Crippen LogP contribution is -2.16. The van der Waals surface area contributed by atoms with Crippen LogP contribution < -0.4 is 10.5 Å². The molecule has 1 aromatic heterocycles. The number of nitrogens with two attached hydrogens (primary N) is 1. The minimum absolute atomic E-state index is 0.00499. The van der Waals surface area contributed by atoms with Gasteiger partial charge >= 0.3 is 6.09 Å². The molecule has 20 heavy (non-hydrogen) atoms. The molecule has 0 radical (unpaired) electrons. The number of rotatable bonds is 2. The number of carbonyl (C=O) groups excluding carboxylic acids is 1. The molecule has 0 aliphatic rings. The molecule has 2 rings (SSSR count). The van der Waals surface area contributed by atoms with Crippen LogP contribution in [-0.2, 0) is 12.5 Å². The van der Waals surface area contributed by atoms with Crippen molar-refractivity contribution in [2.45, 2.75) is 26.2 Å². The number of primary amides is 1. The number of ether oxygens (including phenoxy) is 1. The highest BCUT2D eigenvalue weighted by molar-refractivity contribution is 5.69. The lowest BCUT2D eigenvalue weighted by Gasteiger charge is -2.13. The fraction of sp³-hybridized carbons (Fsp3) is 0.333. The van der Waals surface area contributed by atoms with Crippen LogP contribution in [0, 0.1) is 0 Å². The molecule has 0 atom stereocenters. The van der Waals surface area contributed by atoms with E-state index in [1.807, 2.05) is 23.9 Å². The molecule has 0 bridgehead atoms. The molecule has 0 saturated heterocycles. The number of carbonyl (C=O) groups is 1. The fourth-order valence-electron chi connectivity index (χ4n) is 1.91. The second kappa shape index (κ2) is 5.00. The summed E-state index contributed by atoms with van der Waals surface area (Å²) in [6, 6.07) is 9.25. The highest BCUT2D eigenvalue weighted by Crippen LogP contribution is 2.27. The highest BCUT2D eigenvalue weighted by atomic mass is 16.5. The highest BCUT2D eigenvalue weighted by Gasteiger charge is 2.19. The quantitative estimate of drug-likeness (QED) is 0.914. The van der Waals surface area contributed by atoms with E-state index >= 15 is 0 Å². The van der Waals surface area contributed by atoms with E-state index in [9.17, 15) is 4.79 Å². The summed E-state index contributed by atoms with van der Waals surface area (Å²) in [7, 11) is 1.92. The van der Waals surface area contributed by atoms with Crippen molar-refractivity contribution in [3.63, 3.8) is 0 Å². The SMILES string of the molecule is Cn1nc(C(C)(C)C)cc1-c1ccc(OC(N)=O)cc1. The molecular formula is C15H19N3O2. The molecule has 0 fully saturated rings. The maximum Gasteiger partial charge on any atom is 0.409 e. The third-order valence-electron chi connectivity index (χ3n) is 3.02. The molecule has 2 aromatic rings. The zero-order valence-electron chi connectivity index (χ0n) is 12.2. The summed E-state index contributed by atoms with van der Waals surface area (Å²) in [5.41, 5.74) is 8.03. The molecule has 2 N–H and O–H groups in total. The number of hydrogen-bond acceptors (Lipinski definition) is 3. The first-order valence-corrected chi connectivity index (χ1v) is 6.39. The van der Waals surface area contributed by atoms with E-state index < -0.39 is 6.09 Å². The monoisotopic (exact) mass is 273 g/mol. The third kappa shape index (κ3) is 2.99. The molecular weight excluding hydrogens is 254 g/mol. The van der Waals surface area contributed by atoms with E-state index in [1.165, 1.54) is 0 Å². The maximum absolute atomic E-state index is 10.7. The van der Waals surface area contributed by atoms with E-state index in [1.54, 1.807) is 12.1 Å². The van der Waals surface area contributed by atoms with Gasteiger partial charge in [-0.15, -0.1) is 0 Å². The van der Waals surface area contributed by atoms with Crippen LogP contribution in [0.5, 0.6) is 5.75 Å². The second-order valence-corrected chi connectivity index (χ2v) is 5.73. The predicted octanol–water partition coefficient (Wildman–Crippen LogP) is 2.84. The summed E-state index contributed by atoms with van der Waals surface area (Å²) in [4.78, 5) is 10.7. The first-order valence-electron chi connectivity index (χ1n) is 6.39. The second-order valence-electron chi connectivity index (χ2n) is 5.73. The van der Waals surface area contributed by atoms with Crippen molar-refractivity contribution in [1.29, 1.82) is 0 Å². The van der Waals surface area contributed by atoms with Crippen LogP contribution in [0.25, 0.3) is 11.3 Å². The van der Waals surface area contributed by atoms with Crippen LogP contribution in [0.3, 0.4) is 0 Å². The zero-order valence-corrected chi connectivity index (χ0v) is 12.2. The lowest BCUT2D eigenvalue weighted by molar-refractivity contribution is 0.211. The van der Waals surface area contributed by atoms with Crippen molar-refractivity contribution in [1.82, 2.24) is 9.78 Å². The maximum atomic E-state index is 10.7. The molecule has 1 aromatic carbocycles. The van der Waals surface area contributed by atoms with Gasteiger partial charge in [0.15, 0.2) is 0 Å². The van der Waals surface area contributed by atoms with Gasteiger partial charge < -0.3 is 10.5 Å². The number of aromatic nitrogens is 2. The lowest BCUT2D eigenvalue weighted by atomic mass is 9.92. The standard InChI is InChI=1S/C15H19N3O2/c1-15(2,3)13-9-12(18(4)17-13)10-5-7-11(8-6-10)20-14(16)19/h5-9H,1-4H3,(H2,16,19). The average molecular weight is 273 g/mol. The molecule has 0 saturated carbocycles. The summed E-state index contributed by atoms with van der Waals surface area (Å²) >= 11 is 0. The number of aryl methyl sites for hydroxylation is 1. The van der Waals surface area contributed by atoms with Crippen LogP contribution in [0.4, 0.5) is 4.79 Å². The Hall–Kier alpha value is -2.30. The van der Waals surface area contributed by atoms with Crippen molar-refractivity contribution in [3.8, 4) is 17.0 Å². The summed E-state index contributed by atoms with van der Waals surface area (Å²) < 4.78 is 6.66. The van der Waals surface area contributed by atoms with Gasteiger partial charge in [0.05, 0.1) is 11.4 Å². The topological polar surface area (TPSA) is 70.1 Å². The minimum atomic E-state index is -0.812. The van der Waals surface area contributed by atoms with E-state index in [0.717, 1.165) is 17.0 Å². The van der Waals surface area contributed by atoms with Gasteiger partial charge in [-0.05, 0) is 30.3 Å². The van der Waals surface area contributed by atoms with Gasteiger partial charge in [-0.3, -0.25) is 4.68 Å².